The average Bonchev–Trinajstić information content (AvgIpc) is 2.53. The van der Waals surface area contributed by atoms with Gasteiger partial charge in [-0.05, 0) is 48.4 Å². The number of hydrogen-bond donors (Lipinski definition) is 2. The lowest BCUT2D eigenvalue weighted by molar-refractivity contribution is 0.373. The summed E-state index contributed by atoms with van der Waals surface area (Å²) in [5.41, 5.74) is 2.32. The van der Waals surface area contributed by atoms with Gasteiger partial charge in [-0.3, -0.25) is 0 Å². The Kier molecular flexibility index (Phi) is 5.46. The summed E-state index contributed by atoms with van der Waals surface area (Å²) < 4.78 is 10.3. The first kappa shape index (κ1) is 15.2. The molecule has 0 saturated heterocycles. The van der Waals surface area contributed by atoms with Crippen molar-refractivity contribution in [1.29, 1.82) is 0 Å². The summed E-state index contributed by atoms with van der Waals surface area (Å²) >= 11 is 0. The van der Waals surface area contributed by atoms with Crippen LogP contribution in [0.3, 0.4) is 0 Å². The molecular formula is C17H21NO3. The molecule has 0 amide bonds. The number of ether oxygens (including phenoxy) is 2. The molecule has 0 bridgehead atoms. The summed E-state index contributed by atoms with van der Waals surface area (Å²) in [6.45, 7) is 1.61. The topological polar surface area (TPSA) is 50.7 Å². The highest BCUT2D eigenvalue weighted by Crippen LogP contribution is 2.26. The number of rotatable bonds is 7. The number of benzene rings is 2. The molecule has 2 aromatic rings. The zero-order chi connectivity index (χ0) is 15.1. The molecule has 0 aliphatic carbocycles. The molecule has 0 aliphatic heterocycles. The molecule has 2 rings (SSSR count). The third-order valence-electron chi connectivity index (χ3n) is 3.30. The van der Waals surface area contributed by atoms with E-state index in [0.717, 1.165) is 30.8 Å². The van der Waals surface area contributed by atoms with Gasteiger partial charge in [0.15, 0.2) is 11.5 Å². The summed E-state index contributed by atoms with van der Waals surface area (Å²) in [6, 6.07) is 13.5. The van der Waals surface area contributed by atoms with Crippen LogP contribution in [0.5, 0.6) is 17.2 Å². The monoisotopic (exact) mass is 287 g/mol. The van der Waals surface area contributed by atoms with E-state index < -0.39 is 0 Å². The van der Waals surface area contributed by atoms with Gasteiger partial charge in [0, 0.05) is 6.54 Å². The van der Waals surface area contributed by atoms with Gasteiger partial charge >= 0.3 is 0 Å². The number of hydrogen-bond acceptors (Lipinski definition) is 4. The lowest BCUT2D eigenvalue weighted by Gasteiger charge is -2.09. The van der Waals surface area contributed by atoms with Crippen molar-refractivity contribution in [1.82, 2.24) is 5.32 Å². The Morgan fingerprint density at radius 3 is 2.62 bits per heavy atom. The molecule has 0 fully saturated rings. The Hall–Kier alpha value is -2.20. The van der Waals surface area contributed by atoms with Gasteiger partial charge in [-0.15, -0.1) is 0 Å². The van der Waals surface area contributed by atoms with Crippen LogP contribution in [0.4, 0.5) is 0 Å². The fraction of sp³-hybridized carbons (Fsp3) is 0.294. The van der Waals surface area contributed by atoms with Crippen molar-refractivity contribution in [3.05, 3.63) is 53.6 Å². The zero-order valence-electron chi connectivity index (χ0n) is 12.4. The van der Waals surface area contributed by atoms with Crippen LogP contribution in [0.1, 0.15) is 11.1 Å². The van der Waals surface area contributed by atoms with E-state index in [0.29, 0.717) is 5.75 Å². The van der Waals surface area contributed by atoms with E-state index in [4.69, 9.17) is 9.47 Å². The van der Waals surface area contributed by atoms with Crippen LogP contribution in [-0.4, -0.2) is 25.9 Å². The maximum Gasteiger partial charge on any atom is 0.160 e. The standard InChI is InChI=1S/C17H21NO3/c1-20-15-5-3-4-13(10-15)8-9-18-12-14-6-7-16(19)17(11-14)21-2/h3-7,10-11,18-19H,8-9,12H2,1-2H3. The van der Waals surface area contributed by atoms with Gasteiger partial charge < -0.3 is 19.9 Å². The van der Waals surface area contributed by atoms with Crippen LogP contribution in [0.2, 0.25) is 0 Å². The van der Waals surface area contributed by atoms with Crippen molar-refractivity contribution in [3.8, 4) is 17.2 Å². The maximum absolute atomic E-state index is 9.55. The Morgan fingerprint density at radius 1 is 1.00 bits per heavy atom. The summed E-state index contributed by atoms with van der Waals surface area (Å²) in [7, 11) is 3.23. The normalized spacial score (nSPS) is 10.4. The molecule has 0 aliphatic rings. The number of phenols is 1. The van der Waals surface area contributed by atoms with Crippen molar-refractivity contribution in [2.24, 2.45) is 0 Å². The van der Waals surface area contributed by atoms with E-state index >= 15 is 0 Å². The number of nitrogens with one attached hydrogen (secondary N) is 1. The molecule has 0 spiro atoms. The first-order chi connectivity index (χ1) is 10.2. The van der Waals surface area contributed by atoms with Gasteiger partial charge in [0.1, 0.15) is 5.75 Å². The molecule has 0 saturated carbocycles. The Balaban J connectivity index is 1.81. The predicted molar refractivity (Wildman–Crippen MR) is 83.1 cm³/mol. The first-order valence-electron chi connectivity index (χ1n) is 6.92. The van der Waals surface area contributed by atoms with E-state index in [1.807, 2.05) is 30.3 Å². The molecule has 4 nitrogen and oxygen atoms in total. The van der Waals surface area contributed by atoms with Gasteiger partial charge in [0.2, 0.25) is 0 Å². The zero-order valence-corrected chi connectivity index (χ0v) is 12.4. The molecule has 0 heterocycles. The van der Waals surface area contributed by atoms with Gasteiger partial charge in [0.25, 0.3) is 0 Å². The second kappa shape index (κ2) is 7.55. The van der Waals surface area contributed by atoms with Crippen molar-refractivity contribution >= 4 is 0 Å². The Bertz CT molecular complexity index is 584. The molecule has 112 valence electrons. The SMILES string of the molecule is COc1cccc(CCNCc2ccc(O)c(OC)c2)c1. The quantitative estimate of drug-likeness (QED) is 0.769. The predicted octanol–water partition coefficient (Wildman–Crippen LogP) is 2.74. The second-order valence-corrected chi connectivity index (χ2v) is 4.78. The summed E-state index contributed by atoms with van der Waals surface area (Å²) in [5, 5.41) is 12.9. The highest BCUT2D eigenvalue weighted by Gasteiger charge is 2.02. The smallest absolute Gasteiger partial charge is 0.160 e. The Labute approximate surface area is 125 Å². The summed E-state index contributed by atoms with van der Waals surface area (Å²) in [5.74, 6) is 1.55. The molecule has 21 heavy (non-hydrogen) atoms. The molecule has 0 unspecified atom stereocenters. The third-order valence-corrected chi connectivity index (χ3v) is 3.30. The minimum atomic E-state index is 0.164. The van der Waals surface area contributed by atoms with E-state index in [-0.39, 0.29) is 5.75 Å². The fourth-order valence-electron chi connectivity index (χ4n) is 2.13. The minimum Gasteiger partial charge on any atom is -0.504 e. The minimum absolute atomic E-state index is 0.164. The van der Waals surface area contributed by atoms with Crippen LogP contribution < -0.4 is 14.8 Å². The lowest BCUT2D eigenvalue weighted by atomic mass is 10.1. The summed E-state index contributed by atoms with van der Waals surface area (Å²) in [4.78, 5) is 0. The Morgan fingerprint density at radius 2 is 1.86 bits per heavy atom. The molecule has 0 atom stereocenters. The first-order valence-corrected chi connectivity index (χ1v) is 6.92. The molecule has 2 N–H and O–H groups in total. The maximum atomic E-state index is 9.55. The highest BCUT2D eigenvalue weighted by atomic mass is 16.5. The van der Waals surface area contributed by atoms with Crippen LogP contribution in [0.15, 0.2) is 42.5 Å². The van der Waals surface area contributed by atoms with Gasteiger partial charge in [0.05, 0.1) is 14.2 Å². The number of methoxy groups -OCH3 is 2. The van der Waals surface area contributed by atoms with Crippen LogP contribution >= 0.6 is 0 Å². The van der Waals surface area contributed by atoms with Crippen LogP contribution in [0.25, 0.3) is 0 Å². The largest absolute Gasteiger partial charge is 0.504 e. The van der Waals surface area contributed by atoms with Crippen molar-refractivity contribution in [2.75, 3.05) is 20.8 Å². The van der Waals surface area contributed by atoms with Crippen LogP contribution in [0, 0.1) is 0 Å². The van der Waals surface area contributed by atoms with E-state index in [9.17, 15) is 5.11 Å². The molecular weight excluding hydrogens is 266 g/mol. The average molecular weight is 287 g/mol. The van der Waals surface area contributed by atoms with E-state index in [1.165, 1.54) is 5.56 Å². The van der Waals surface area contributed by atoms with E-state index in [2.05, 4.69) is 11.4 Å². The number of aromatic hydroxyl groups is 1. The highest BCUT2D eigenvalue weighted by molar-refractivity contribution is 5.41. The molecule has 0 radical (unpaired) electrons. The fourth-order valence-corrected chi connectivity index (χ4v) is 2.13. The number of phenolic OH excluding ortho intramolecular Hbond substituents is 1. The van der Waals surface area contributed by atoms with Crippen molar-refractivity contribution < 1.29 is 14.6 Å². The molecule has 2 aromatic carbocycles. The van der Waals surface area contributed by atoms with E-state index in [1.54, 1.807) is 20.3 Å². The van der Waals surface area contributed by atoms with Crippen molar-refractivity contribution in [2.45, 2.75) is 13.0 Å². The summed E-state index contributed by atoms with van der Waals surface area (Å²) in [6.07, 6.45) is 0.937. The second-order valence-electron chi connectivity index (χ2n) is 4.78. The molecule has 0 aromatic heterocycles. The lowest BCUT2D eigenvalue weighted by Crippen LogP contribution is -2.16. The van der Waals surface area contributed by atoms with Gasteiger partial charge in [-0.25, -0.2) is 0 Å². The van der Waals surface area contributed by atoms with Crippen LogP contribution in [-0.2, 0) is 13.0 Å². The van der Waals surface area contributed by atoms with Gasteiger partial charge in [-0.2, -0.15) is 0 Å². The van der Waals surface area contributed by atoms with Gasteiger partial charge in [-0.1, -0.05) is 18.2 Å². The third kappa shape index (κ3) is 4.39. The van der Waals surface area contributed by atoms with Crippen molar-refractivity contribution in [3.63, 3.8) is 0 Å². The molecule has 4 heteroatoms.